The van der Waals surface area contributed by atoms with E-state index in [1.807, 2.05) is 24.4 Å². The second-order valence-corrected chi connectivity index (χ2v) is 8.24. The Morgan fingerprint density at radius 2 is 1.84 bits per heavy atom. The lowest BCUT2D eigenvalue weighted by molar-refractivity contribution is 0.0960. The smallest absolute Gasteiger partial charge is 0.252 e. The monoisotopic (exact) mass is 422 g/mol. The molecular formula is C26H22N4O2. The number of phenolic OH excluding ortho intramolecular Hbond substituents is 1. The van der Waals surface area contributed by atoms with Crippen molar-refractivity contribution >= 4 is 27.7 Å². The molecule has 1 atom stereocenters. The van der Waals surface area contributed by atoms with E-state index in [1.54, 1.807) is 18.2 Å². The molecule has 0 bridgehead atoms. The fourth-order valence-corrected chi connectivity index (χ4v) is 4.74. The Balaban J connectivity index is 1.34. The summed E-state index contributed by atoms with van der Waals surface area (Å²) in [4.78, 5) is 19.3. The number of rotatable bonds is 5. The maximum absolute atomic E-state index is 12.6. The van der Waals surface area contributed by atoms with E-state index < -0.39 is 0 Å². The van der Waals surface area contributed by atoms with Crippen molar-refractivity contribution in [1.29, 1.82) is 0 Å². The minimum atomic E-state index is -0.311. The zero-order valence-corrected chi connectivity index (χ0v) is 17.3. The molecule has 0 aliphatic carbocycles. The highest BCUT2D eigenvalue weighted by molar-refractivity contribution is 6.01. The minimum Gasteiger partial charge on any atom is -0.508 e. The third-order valence-electron chi connectivity index (χ3n) is 6.23. The lowest BCUT2D eigenvalue weighted by Crippen LogP contribution is -2.22. The van der Waals surface area contributed by atoms with Crippen LogP contribution in [0.3, 0.4) is 0 Å². The summed E-state index contributed by atoms with van der Waals surface area (Å²) in [5.41, 5.74) is 6.83. The predicted molar refractivity (Wildman–Crippen MR) is 125 cm³/mol. The fraction of sp³-hybridized carbons (Fsp3) is 0.115. The van der Waals surface area contributed by atoms with Crippen molar-refractivity contribution in [2.24, 2.45) is 0 Å². The molecule has 3 aromatic carbocycles. The molecule has 5 aromatic rings. The van der Waals surface area contributed by atoms with E-state index >= 15 is 0 Å². The number of benzene rings is 3. The lowest BCUT2D eigenvalue weighted by Gasteiger charge is -2.15. The van der Waals surface area contributed by atoms with Gasteiger partial charge in [-0.3, -0.25) is 4.79 Å². The van der Waals surface area contributed by atoms with Crippen molar-refractivity contribution in [3.8, 4) is 5.75 Å². The Bertz CT molecular complexity index is 1480. The van der Waals surface area contributed by atoms with Gasteiger partial charge in [-0.15, -0.1) is 0 Å². The number of aromatic hydroxyl groups is 1. The molecule has 0 spiro atoms. The van der Waals surface area contributed by atoms with Gasteiger partial charge in [0, 0.05) is 52.5 Å². The maximum Gasteiger partial charge on any atom is 0.252 e. The number of carbonyl (C=O) groups is 1. The molecule has 1 amide bonds. The summed E-state index contributed by atoms with van der Waals surface area (Å²) >= 11 is 0. The van der Waals surface area contributed by atoms with Crippen LogP contribution in [0, 0.1) is 0 Å². The molecule has 3 heterocycles. The molecule has 1 unspecified atom stereocenters. The van der Waals surface area contributed by atoms with Crippen LogP contribution in [0.25, 0.3) is 21.8 Å². The first-order chi connectivity index (χ1) is 15.7. The average Bonchev–Trinajstić information content (AvgIpc) is 3.48. The number of hydrogen-bond donors (Lipinski definition) is 5. The number of hydrogen-bond acceptors (Lipinski definition) is 3. The molecule has 6 rings (SSSR count). The van der Waals surface area contributed by atoms with Crippen LogP contribution in [-0.2, 0) is 13.1 Å². The van der Waals surface area contributed by atoms with Crippen LogP contribution in [0.1, 0.15) is 38.8 Å². The summed E-state index contributed by atoms with van der Waals surface area (Å²) in [6, 6.07) is 21.2. The highest BCUT2D eigenvalue weighted by atomic mass is 16.3. The number of phenols is 1. The van der Waals surface area contributed by atoms with Crippen LogP contribution in [-0.4, -0.2) is 21.0 Å². The van der Waals surface area contributed by atoms with Gasteiger partial charge in [-0.05, 0) is 59.0 Å². The molecule has 1 aliphatic rings. The van der Waals surface area contributed by atoms with Gasteiger partial charge in [0.2, 0.25) is 0 Å². The summed E-state index contributed by atoms with van der Waals surface area (Å²) in [7, 11) is 0. The van der Waals surface area contributed by atoms with Crippen molar-refractivity contribution in [3.63, 3.8) is 0 Å². The zero-order valence-electron chi connectivity index (χ0n) is 17.3. The predicted octanol–water partition coefficient (Wildman–Crippen LogP) is 4.48. The van der Waals surface area contributed by atoms with Crippen LogP contribution in [0.2, 0.25) is 0 Å². The van der Waals surface area contributed by atoms with Gasteiger partial charge in [0.15, 0.2) is 0 Å². The molecule has 2 aromatic heterocycles. The number of fused-ring (bicyclic) bond motifs is 3. The quantitative estimate of drug-likeness (QED) is 0.289. The van der Waals surface area contributed by atoms with Gasteiger partial charge in [0.1, 0.15) is 5.75 Å². The summed E-state index contributed by atoms with van der Waals surface area (Å²) < 4.78 is 0. The van der Waals surface area contributed by atoms with Crippen molar-refractivity contribution in [1.82, 2.24) is 20.6 Å². The molecule has 6 nitrogen and oxygen atoms in total. The van der Waals surface area contributed by atoms with Gasteiger partial charge in [-0.1, -0.05) is 24.3 Å². The Hall–Kier alpha value is -4.03. The number of para-hydroxylation sites is 1. The Labute approximate surface area is 184 Å². The molecule has 6 heteroatoms. The Morgan fingerprint density at radius 3 is 2.78 bits per heavy atom. The van der Waals surface area contributed by atoms with E-state index in [1.165, 1.54) is 10.9 Å². The highest BCUT2D eigenvalue weighted by Crippen LogP contribution is 2.38. The van der Waals surface area contributed by atoms with Gasteiger partial charge in [0.05, 0.1) is 6.04 Å². The standard InChI is InChI=1S/C26H22N4O2/c31-17-6-7-18-20(12-17)25(30-26(18)32)24-19-3-1-2-4-22(19)29-23(24)14-27-13-15-5-8-21-16(11-15)9-10-28-21/h1-12,25,27-29,31H,13-14H2,(H,30,32). The van der Waals surface area contributed by atoms with E-state index in [2.05, 4.69) is 50.9 Å². The van der Waals surface area contributed by atoms with Crippen LogP contribution < -0.4 is 10.6 Å². The third-order valence-corrected chi connectivity index (χ3v) is 6.23. The number of aromatic amines is 2. The fourth-order valence-electron chi connectivity index (χ4n) is 4.74. The van der Waals surface area contributed by atoms with E-state index in [9.17, 15) is 9.90 Å². The normalized spacial score (nSPS) is 15.4. The second kappa shape index (κ2) is 7.28. The van der Waals surface area contributed by atoms with Crippen molar-refractivity contribution < 1.29 is 9.90 Å². The first kappa shape index (κ1) is 18.7. The van der Waals surface area contributed by atoms with Crippen molar-refractivity contribution in [3.05, 3.63) is 101 Å². The van der Waals surface area contributed by atoms with Gasteiger partial charge < -0.3 is 25.7 Å². The molecule has 158 valence electrons. The Morgan fingerprint density at radius 1 is 0.938 bits per heavy atom. The first-order valence-electron chi connectivity index (χ1n) is 10.7. The number of aromatic nitrogens is 2. The molecule has 5 N–H and O–H groups in total. The van der Waals surface area contributed by atoms with E-state index in [-0.39, 0.29) is 17.7 Å². The second-order valence-electron chi connectivity index (χ2n) is 8.24. The molecule has 0 saturated carbocycles. The van der Waals surface area contributed by atoms with Crippen molar-refractivity contribution in [2.75, 3.05) is 0 Å². The van der Waals surface area contributed by atoms with E-state index in [0.29, 0.717) is 12.1 Å². The Kier molecular flexibility index (Phi) is 4.26. The van der Waals surface area contributed by atoms with Crippen LogP contribution in [0.15, 0.2) is 72.9 Å². The summed E-state index contributed by atoms with van der Waals surface area (Å²) in [5, 5.41) is 19.0. The minimum absolute atomic E-state index is 0.117. The molecule has 1 aliphatic heterocycles. The van der Waals surface area contributed by atoms with Crippen LogP contribution in [0.4, 0.5) is 0 Å². The van der Waals surface area contributed by atoms with E-state index in [4.69, 9.17) is 0 Å². The summed E-state index contributed by atoms with van der Waals surface area (Å²) in [6.07, 6.45) is 1.95. The summed E-state index contributed by atoms with van der Waals surface area (Å²) in [6.45, 7) is 1.35. The molecule has 0 radical (unpaired) electrons. The number of amides is 1. The van der Waals surface area contributed by atoms with Gasteiger partial charge in [0.25, 0.3) is 5.91 Å². The van der Waals surface area contributed by atoms with Crippen LogP contribution >= 0.6 is 0 Å². The molecule has 0 fully saturated rings. The van der Waals surface area contributed by atoms with Crippen molar-refractivity contribution in [2.45, 2.75) is 19.1 Å². The average molecular weight is 422 g/mol. The zero-order chi connectivity index (χ0) is 21.7. The third kappa shape index (κ3) is 3.04. The maximum atomic E-state index is 12.6. The SMILES string of the molecule is O=C1NC(c2c(CNCc3ccc4[nH]ccc4c3)[nH]c3ccccc23)c2cc(O)ccc21. The van der Waals surface area contributed by atoms with Crippen LogP contribution in [0.5, 0.6) is 5.75 Å². The topological polar surface area (TPSA) is 92.9 Å². The van der Waals surface area contributed by atoms with Gasteiger partial charge >= 0.3 is 0 Å². The van der Waals surface area contributed by atoms with E-state index in [0.717, 1.165) is 39.8 Å². The van der Waals surface area contributed by atoms with Gasteiger partial charge in [-0.25, -0.2) is 0 Å². The molecule has 32 heavy (non-hydrogen) atoms. The first-order valence-corrected chi connectivity index (χ1v) is 10.7. The number of nitrogens with one attached hydrogen (secondary N) is 4. The molecule has 0 saturated heterocycles. The molecular weight excluding hydrogens is 400 g/mol. The number of H-pyrrole nitrogens is 2. The highest BCUT2D eigenvalue weighted by Gasteiger charge is 2.33. The van der Waals surface area contributed by atoms with Gasteiger partial charge in [-0.2, -0.15) is 0 Å². The largest absolute Gasteiger partial charge is 0.508 e. The lowest BCUT2D eigenvalue weighted by atomic mass is 9.95. The summed E-state index contributed by atoms with van der Waals surface area (Å²) in [5.74, 6) is 0.0407. The number of carbonyl (C=O) groups excluding carboxylic acids is 1.